The van der Waals surface area contributed by atoms with Crippen molar-refractivity contribution in [3.05, 3.63) is 35.9 Å². The molecule has 0 saturated heterocycles. The molecule has 0 amide bonds. The van der Waals surface area contributed by atoms with E-state index in [2.05, 4.69) is 0 Å². The predicted octanol–water partition coefficient (Wildman–Crippen LogP) is 1.74. The first kappa shape index (κ1) is 10.2. The van der Waals surface area contributed by atoms with E-state index in [-0.39, 0.29) is 5.92 Å². The van der Waals surface area contributed by atoms with E-state index in [0.29, 0.717) is 6.42 Å². The van der Waals surface area contributed by atoms with E-state index in [1.165, 1.54) is 0 Å². The molecule has 1 saturated carbocycles. The summed E-state index contributed by atoms with van der Waals surface area (Å²) in [5, 5.41) is 9.18. The van der Waals surface area contributed by atoms with Crippen LogP contribution in [0.4, 0.5) is 0 Å². The van der Waals surface area contributed by atoms with Crippen molar-refractivity contribution < 1.29 is 9.90 Å². The number of aliphatic carboxylic acids is 1. The van der Waals surface area contributed by atoms with Gasteiger partial charge in [0.05, 0.1) is 0 Å². The quantitative estimate of drug-likeness (QED) is 0.773. The van der Waals surface area contributed by atoms with Crippen molar-refractivity contribution in [2.24, 2.45) is 5.73 Å². The number of hydrogen-bond acceptors (Lipinski definition) is 2. The largest absolute Gasteiger partial charge is 0.480 e. The summed E-state index contributed by atoms with van der Waals surface area (Å²) in [6, 6.07) is 9.70. The van der Waals surface area contributed by atoms with E-state index in [4.69, 9.17) is 5.73 Å². The molecule has 3 nitrogen and oxygen atoms in total. The molecule has 80 valence electrons. The van der Waals surface area contributed by atoms with Crippen LogP contribution in [0, 0.1) is 0 Å². The zero-order chi connectivity index (χ0) is 10.9. The third-order valence-corrected chi connectivity index (χ3v) is 3.31. The first-order valence-corrected chi connectivity index (χ1v) is 5.22. The van der Waals surface area contributed by atoms with E-state index in [1.54, 1.807) is 0 Å². The first-order chi connectivity index (χ1) is 7.14. The Morgan fingerprint density at radius 2 is 2.07 bits per heavy atom. The number of rotatable bonds is 2. The van der Waals surface area contributed by atoms with Gasteiger partial charge in [0.25, 0.3) is 0 Å². The van der Waals surface area contributed by atoms with Crippen molar-refractivity contribution in [3.63, 3.8) is 0 Å². The van der Waals surface area contributed by atoms with Crippen molar-refractivity contribution in [2.45, 2.75) is 30.7 Å². The molecule has 2 rings (SSSR count). The van der Waals surface area contributed by atoms with Gasteiger partial charge in [0.15, 0.2) is 0 Å². The maximum absolute atomic E-state index is 11.2. The number of carboxylic acid groups (broad SMARTS) is 1. The molecule has 0 unspecified atom stereocenters. The van der Waals surface area contributed by atoms with Crippen LogP contribution in [0.3, 0.4) is 0 Å². The maximum Gasteiger partial charge on any atom is 0.324 e. The highest BCUT2D eigenvalue weighted by Gasteiger charge is 2.46. The molecular weight excluding hydrogens is 190 g/mol. The highest BCUT2D eigenvalue weighted by Crippen LogP contribution is 2.41. The maximum atomic E-state index is 11.2. The molecule has 0 aromatic heterocycles. The molecule has 1 aliphatic carbocycles. The lowest BCUT2D eigenvalue weighted by Crippen LogP contribution is -2.49. The number of nitrogens with two attached hydrogens (primary N) is 1. The summed E-state index contributed by atoms with van der Waals surface area (Å²) in [4.78, 5) is 11.2. The average Bonchev–Trinajstić information content (AvgIpc) is 2.63. The Hall–Kier alpha value is -1.35. The Labute approximate surface area is 88.9 Å². The molecule has 0 heterocycles. The normalized spacial score (nSPS) is 30.3. The van der Waals surface area contributed by atoms with Gasteiger partial charge in [0.2, 0.25) is 0 Å². The Morgan fingerprint density at radius 3 is 2.67 bits per heavy atom. The van der Waals surface area contributed by atoms with Crippen LogP contribution in [0.1, 0.15) is 30.7 Å². The molecule has 1 aromatic rings. The number of carboxylic acids is 1. The fourth-order valence-electron chi connectivity index (χ4n) is 2.44. The summed E-state index contributed by atoms with van der Waals surface area (Å²) in [5.74, 6) is -0.926. The molecule has 0 aliphatic heterocycles. The SMILES string of the molecule is N[C@]1(C(=O)O)CCC[C@@H]1c1ccccc1. The second-order valence-electron chi connectivity index (χ2n) is 4.20. The van der Waals surface area contributed by atoms with E-state index in [1.807, 2.05) is 30.3 Å². The van der Waals surface area contributed by atoms with Gasteiger partial charge in [-0.15, -0.1) is 0 Å². The molecule has 0 spiro atoms. The Kier molecular flexibility index (Phi) is 2.49. The van der Waals surface area contributed by atoms with Gasteiger partial charge in [-0.05, 0) is 18.4 Å². The molecular formula is C12H15NO2. The van der Waals surface area contributed by atoms with Gasteiger partial charge < -0.3 is 10.8 Å². The van der Waals surface area contributed by atoms with Gasteiger partial charge in [-0.3, -0.25) is 4.79 Å². The van der Waals surface area contributed by atoms with Gasteiger partial charge in [-0.1, -0.05) is 36.8 Å². The second-order valence-corrected chi connectivity index (χ2v) is 4.20. The van der Waals surface area contributed by atoms with Crippen LogP contribution in [-0.4, -0.2) is 16.6 Å². The molecule has 2 atom stereocenters. The van der Waals surface area contributed by atoms with Crippen LogP contribution < -0.4 is 5.73 Å². The van der Waals surface area contributed by atoms with E-state index in [0.717, 1.165) is 18.4 Å². The standard InChI is InChI=1S/C12H15NO2/c13-12(11(14)15)8-4-7-10(12)9-5-2-1-3-6-9/h1-3,5-6,10H,4,7-8,13H2,(H,14,15)/t10-,12-/m1/s1. The molecule has 15 heavy (non-hydrogen) atoms. The molecule has 1 fully saturated rings. The van der Waals surface area contributed by atoms with Crippen molar-refractivity contribution >= 4 is 5.97 Å². The fourth-order valence-corrected chi connectivity index (χ4v) is 2.44. The second kappa shape index (κ2) is 3.66. The highest BCUT2D eigenvalue weighted by atomic mass is 16.4. The summed E-state index contributed by atoms with van der Waals surface area (Å²) >= 11 is 0. The topological polar surface area (TPSA) is 63.3 Å². The molecule has 3 N–H and O–H groups in total. The average molecular weight is 205 g/mol. The molecule has 0 radical (unpaired) electrons. The van der Waals surface area contributed by atoms with Gasteiger partial charge in [0.1, 0.15) is 5.54 Å². The van der Waals surface area contributed by atoms with Gasteiger partial charge in [-0.2, -0.15) is 0 Å². The zero-order valence-corrected chi connectivity index (χ0v) is 8.52. The van der Waals surface area contributed by atoms with Crippen molar-refractivity contribution in [3.8, 4) is 0 Å². The van der Waals surface area contributed by atoms with Crippen LogP contribution in [0.25, 0.3) is 0 Å². The Morgan fingerprint density at radius 1 is 1.40 bits per heavy atom. The minimum atomic E-state index is -1.07. The van der Waals surface area contributed by atoms with Gasteiger partial charge >= 0.3 is 5.97 Å². The molecule has 1 aromatic carbocycles. The van der Waals surface area contributed by atoms with E-state index < -0.39 is 11.5 Å². The number of benzene rings is 1. The lowest BCUT2D eigenvalue weighted by molar-refractivity contribution is -0.143. The predicted molar refractivity (Wildman–Crippen MR) is 57.6 cm³/mol. The first-order valence-electron chi connectivity index (χ1n) is 5.22. The summed E-state index contributed by atoms with van der Waals surface area (Å²) < 4.78 is 0. The number of hydrogen-bond donors (Lipinski definition) is 2. The smallest absolute Gasteiger partial charge is 0.324 e. The Bertz CT molecular complexity index is 363. The summed E-state index contributed by atoms with van der Waals surface area (Å²) in [5.41, 5.74) is 5.95. The van der Waals surface area contributed by atoms with Crippen molar-refractivity contribution in [1.29, 1.82) is 0 Å². The third-order valence-electron chi connectivity index (χ3n) is 3.31. The zero-order valence-electron chi connectivity index (χ0n) is 8.52. The van der Waals surface area contributed by atoms with Crippen LogP contribution in [0.15, 0.2) is 30.3 Å². The Balaban J connectivity index is 2.34. The third kappa shape index (κ3) is 1.63. The van der Waals surface area contributed by atoms with Crippen molar-refractivity contribution in [1.82, 2.24) is 0 Å². The van der Waals surface area contributed by atoms with Crippen LogP contribution in [-0.2, 0) is 4.79 Å². The summed E-state index contributed by atoms with van der Waals surface area (Å²) in [6.45, 7) is 0. The fraction of sp³-hybridized carbons (Fsp3) is 0.417. The highest BCUT2D eigenvalue weighted by molar-refractivity contribution is 5.80. The molecule has 3 heteroatoms. The lowest BCUT2D eigenvalue weighted by Gasteiger charge is -2.27. The monoisotopic (exact) mass is 205 g/mol. The lowest BCUT2D eigenvalue weighted by atomic mass is 9.83. The van der Waals surface area contributed by atoms with E-state index in [9.17, 15) is 9.90 Å². The summed E-state index contributed by atoms with van der Waals surface area (Å²) in [7, 11) is 0. The van der Waals surface area contributed by atoms with Crippen LogP contribution >= 0.6 is 0 Å². The van der Waals surface area contributed by atoms with Gasteiger partial charge in [-0.25, -0.2) is 0 Å². The minimum absolute atomic E-state index is 0.0452. The van der Waals surface area contributed by atoms with Gasteiger partial charge in [0, 0.05) is 5.92 Å². The van der Waals surface area contributed by atoms with Crippen LogP contribution in [0.5, 0.6) is 0 Å². The van der Waals surface area contributed by atoms with Crippen molar-refractivity contribution in [2.75, 3.05) is 0 Å². The summed E-state index contributed by atoms with van der Waals surface area (Å²) in [6.07, 6.45) is 2.33. The molecule has 1 aliphatic rings. The van der Waals surface area contributed by atoms with Crippen LogP contribution in [0.2, 0.25) is 0 Å². The van der Waals surface area contributed by atoms with E-state index >= 15 is 0 Å². The minimum Gasteiger partial charge on any atom is -0.480 e. The molecule has 0 bridgehead atoms. The number of carbonyl (C=O) groups is 1.